The summed E-state index contributed by atoms with van der Waals surface area (Å²) in [6, 6.07) is 11.3. The van der Waals surface area contributed by atoms with Gasteiger partial charge in [-0.1, -0.05) is 12.1 Å². The first kappa shape index (κ1) is 18.6. The molecule has 0 aliphatic carbocycles. The Kier molecular flexibility index (Phi) is 4.59. The molecule has 2 aliphatic heterocycles. The third kappa shape index (κ3) is 3.26. The average Bonchev–Trinajstić information content (AvgIpc) is 3.14. The van der Waals surface area contributed by atoms with Gasteiger partial charge in [0.25, 0.3) is 0 Å². The number of aryl methyl sites for hydroxylation is 1. The molecule has 0 atom stereocenters. The van der Waals surface area contributed by atoms with Gasteiger partial charge in [-0.15, -0.1) is 10.2 Å². The second-order valence-electron chi connectivity index (χ2n) is 7.64. The molecule has 1 fully saturated rings. The Morgan fingerprint density at radius 3 is 2.93 bits per heavy atom. The van der Waals surface area contributed by atoms with Gasteiger partial charge in [-0.3, -0.25) is 4.90 Å². The number of benzene rings is 1. The lowest BCUT2D eigenvalue weighted by Crippen LogP contribution is -2.49. The molecule has 1 saturated heterocycles. The summed E-state index contributed by atoms with van der Waals surface area (Å²) < 4.78 is 13.1. The Bertz CT molecular complexity index is 1080. The molecule has 2 aliphatic rings. The molecule has 1 aromatic carbocycles. The average molecular weight is 406 g/mol. The van der Waals surface area contributed by atoms with Crippen LogP contribution in [0.3, 0.4) is 0 Å². The highest BCUT2D eigenvalue weighted by atomic mass is 16.5. The van der Waals surface area contributed by atoms with Crippen molar-refractivity contribution in [3.63, 3.8) is 0 Å². The van der Waals surface area contributed by atoms with Gasteiger partial charge < -0.3 is 19.4 Å². The van der Waals surface area contributed by atoms with Gasteiger partial charge in [0.1, 0.15) is 18.8 Å². The van der Waals surface area contributed by atoms with Crippen molar-refractivity contribution in [2.24, 2.45) is 7.05 Å². The molecule has 2 aromatic heterocycles. The quantitative estimate of drug-likeness (QED) is 0.714. The summed E-state index contributed by atoms with van der Waals surface area (Å²) in [7, 11) is 1.94. The van der Waals surface area contributed by atoms with Crippen molar-refractivity contribution in [1.82, 2.24) is 19.7 Å². The number of nitrogens with one attached hydrogen (secondary N) is 1. The lowest BCUT2D eigenvalue weighted by atomic mass is 9.75. The fourth-order valence-corrected chi connectivity index (χ4v) is 3.85. The van der Waals surface area contributed by atoms with Crippen LogP contribution >= 0.6 is 0 Å². The number of carbonyl (C=O) groups excluding carboxylic acids is 1. The molecule has 0 bridgehead atoms. The third-order valence-corrected chi connectivity index (χ3v) is 5.61. The van der Waals surface area contributed by atoms with Crippen LogP contribution in [-0.4, -0.2) is 52.1 Å². The van der Waals surface area contributed by atoms with E-state index in [2.05, 4.69) is 26.6 Å². The summed E-state index contributed by atoms with van der Waals surface area (Å²) in [5.41, 5.74) is 1.66. The van der Waals surface area contributed by atoms with Crippen LogP contribution in [0.2, 0.25) is 0 Å². The van der Waals surface area contributed by atoms with Gasteiger partial charge >= 0.3 is 6.03 Å². The molecule has 0 unspecified atom stereocenters. The molecule has 0 spiro atoms. The summed E-state index contributed by atoms with van der Waals surface area (Å²) >= 11 is 0. The van der Waals surface area contributed by atoms with Gasteiger partial charge in [-0.25, -0.2) is 9.78 Å². The maximum Gasteiger partial charge on any atom is 0.327 e. The van der Waals surface area contributed by atoms with Crippen LogP contribution in [0.5, 0.6) is 5.75 Å². The Labute approximate surface area is 173 Å². The Morgan fingerprint density at radius 1 is 1.27 bits per heavy atom. The normalized spacial score (nSPS) is 16.9. The molecule has 0 saturated carbocycles. The third-order valence-electron chi connectivity index (χ3n) is 5.61. The van der Waals surface area contributed by atoms with E-state index in [-0.39, 0.29) is 11.4 Å². The number of anilines is 2. The molecule has 9 heteroatoms. The van der Waals surface area contributed by atoms with Crippen LogP contribution < -0.4 is 15.0 Å². The van der Waals surface area contributed by atoms with E-state index in [9.17, 15) is 4.79 Å². The van der Waals surface area contributed by atoms with Crippen LogP contribution in [0, 0.1) is 0 Å². The number of nitrogens with zero attached hydrogens (tertiary/aromatic N) is 5. The van der Waals surface area contributed by atoms with Crippen molar-refractivity contribution in [3.05, 3.63) is 60.3 Å². The first-order chi connectivity index (χ1) is 14.6. The molecule has 154 valence electrons. The summed E-state index contributed by atoms with van der Waals surface area (Å²) in [4.78, 5) is 18.9. The number of amides is 2. The first-order valence-electron chi connectivity index (χ1n) is 9.82. The van der Waals surface area contributed by atoms with Crippen LogP contribution in [0.1, 0.15) is 11.4 Å². The van der Waals surface area contributed by atoms with Gasteiger partial charge in [0.05, 0.1) is 19.8 Å². The van der Waals surface area contributed by atoms with Crippen LogP contribution in [0.15, 0.2) is 48.9 Å². The predicted molar refractivity (Wildman–Crippen MR) is 110 cm³/mol. The second-order valence-corrected chi connectivity index (χ2v) is 7.64. The zero-order valence-corrected chi connectivity index (χ0v) is 16.6. The Balaban J connectivity index is 1.37. The number of carbonyl (C=O) groups is 1. The molecular formula is C21H22N6O3. The smallest absolute Gasteiger partial charge is 0.327 e. The van der Waals surface area contributed by atoms with Crippen molar-refractivity contribution in [1.29, 1.82) is 0 Å². The van der Waals surface area contributed by atoms with E-state index in [0.717, 1.165) is 23.5 Å². The molecule has 0 radical (unpaired) electrons. The number of urea groups is 1. The SMILES string of the molecule is Cn1cnnc1CC1(c2cccc(NC(=O)N3CCOc4cccnc43)c2)COC1. The molecule has 5 rings (SSSR count). The van der Waals surface area contributed by atoms with E-state index in [1.165, 1.54) is 0 Å². The fraction of sp³-hybridized carbons (Fsp3) is 0.333. The van der Waals surface area contributed by atoms with E-state index >= 15 is 0 Å². The largest absolute Gasteiger partial charge is 0.488 e. The zero-order valence-electron chi connectivity index (χ0n) is 16.6. The maximum absolute atomic E-state index is 12.9. The van der Waals surface area contributed by atoms with Crippen LogP contribution in [-0.2, 0) is 23.6 Å². The van der Waals surface area contributed by atoms with Crippen molar-refractivity contribution < 1.29 is 14.3 Å². The number of rotatable bonds is 4. The standard InChI is InChI=1S/C21H22N6O3/c1-26-14-23-25-18(26)11-21(12-29-13-21)15-4-2-5-16(10-15)24-20(28)27-8-9-30-17-6-3-7-22-19(17)27/h2-7,10,14H,8-9,11-13H2,1H3,(H,24,28). The van der Waals surface area contributed by atoms with Crippen molar-refractivity contribution in [3.8, 4) is 5.75 Å². The van der Waals surface area contributed by atoms with E-state index in [4.69, 9.17) is 9.47 Å². The van der Waals surface area contributed by atoms with Crippen LogP contribution in [0.25, 0.3) is 0 Å². The van der Waals surface area contributed by atoms with E-state index in [0.29, 0.717) is 37.9 Å². The molecule has 1 N–H and O–H groups in total. The van der Waals surface area contributed by atoms with Gasteiger partial charge in [0.2, 0.25) is 0 Å². The molecule has 3 aromatic rings. The second kappa shape index (κ2) is 7.42. The molecule has 30 heavy (non-hydrogen) atoms. The lowest BCUT2D eigenvalue weighted by molar-refractivity contribution is -0.0610. The van der Waals surface area contributed by atoms with Gasteiger partial charge in [-0.2, -0.15) is 0 Å². The van der Waals surface area contributed by atoms with E-state index in [1.54, 1.807) is 23.5 Å². The number of fused-ring (bicyclic) bond motifs is 1. The lowest BCUT2D eigenvalue weighted by Gasteiger charge is -2.42. The molecular weight excluding hydrogens is 384 g/mol. The Hall–Kier alpha value is -3.46. The number of hydrogen-bond acceptors (Lipinski definition) is 6. The van der Waals surface area contributed by atoms with E-state index in [1.807, 2.05) is 35.9 Å². The molecule has 9 nitrogen and oxygen atoms in total. The summed E-state index contributed by atoms with van der Waals surface area (Å²) in [5.74, 6) is 2.05. The van der Waals surface area contributed by atoms with Gasteiger partial charge in [0, 0.05) is 30.8 Å². The number of aromatic nitrogens is 4. The predicted octanol–water partition coefficient (Wildman–Crippen LogP) is 2.15. The minimum absolute atomic E-state index is 0.172. The number of ether oxygens (including phenoxy) is 2. The van der Waals surface area contributed by atoms with Gasteiger partial charge in [-0.05, 0) is 29.8 Å². The summed E-state index contributed by atoms with van der Waals surface area (Å²) in [6.07, 6.45) is 4.08. The fourth-order valence-electron chi connectivity index (χ4n) is 3.85. The minimum Gasteiger partial charge on any atom is -0.488 e. The number of pyridine rings is 1. The highest BCUT2D eigenvalue weighted by molar-refractivity contribution is 6.02. The maximum atomic E-state index is 12.9. The molecule has 2 amide bonds. The van der Waals surface area contributed by atoms with Crippen molar-refractivity contribution in [2.45, 2.75) is 11.8 Å². The topological polar surface area (TPSA) is 94.4 Å². The van der Waals surface area contributed by atoms with Crippen molar-refractivity contribution in [2.75, 3.05) is 36.6 Å². The Morgan fingerprint density at radius 2 is 2.17 bits per heavy atom. The zero-order chi connectivity index (χ0) is 20.6. The van der Waals surface area contributed by atoms with Crippen LogP contribution in [0.4, 0.5) is 16.3 Å². The summed E-state index contributed by atoms with van der Waals surface area (Å²) in [6.45, 7) is 2.10. The first-order valence-corrected chi connectivity index (χ1v) is 9.82. The monoisotopic (exact) mass is 406 g/mol. The highest BCUT2D eigenvalue weighted by Crippen LogP contribution is 2.37. The number of hydrogen-bond donors (Lipinski definition) is 1. The van der Waals surface area contributed by atoms with Crippen molar-refractivity contribution >= 4 is 17.5 Å². The molecule has 4 heterocycles. The van der Waals surface area contributed by atoms with E-state index < -0.39 is 0 Å². The van der Waals surface area contributed by atoms with Gasteiger partial charge in [0.15, 0.2) is 11.6 Å². The highest BCUT2D eigenvalue weighted by Gasteiger charge is 2.41. The minimum atomic E-state index is -0.234. The summed E-state index contributed by atoms with van der Waals surface area (Å²) in [5, 5.41) is 11.2.